The van der Waals surface area contributed by atoms with Crippen molar-refractivity contribution in [2.24, 2.45) is 11.3 Å². The van der Waals surface area contributed by atoms with Crippen molar-refractivity contribution in [3.05, 3.63) is 65.2 Å². The van der Waals surface area contributed by atoms with Gasteiger partial charge in [-0.25, -0.2) is 0 Å². The minimum atomic E-state index is -1.38. The van der Waals surface area contributed by atoms with Gasteiger partial charge in [-0.2, -0.15) is 0 Å². The molecule has 2 aromatic rings. The molecule has 0 bridgehead atoms. The van der Waals surface area contributed by atoms with Crippen LogP contribution >= 0.6 is 0 Å². The fourth-order valence-corrected chi connectivity index (χ4v) is 4.75. The van der Waals surface area contributed by atoms with Gasteiger partial charge < -0.3 is 9.47 Å². The van der Waals surface area contributed by atoms with Crippen LogP contribution in [0.5, 0.6) is 0 Å². The fraction of sp³-hybridized carbons (Fsp3) is 0.360. The van der Waals surface area contributed by atoms with Crippen molar-refractivity contribution in [2.75, 3.05) is 13.2 Å². The summed E-state index contributed by atoms with van der Waals surface area (Å²) in [5.74, 6) is -0.977. The highest BCUT2D eigenvalue weighted by Crippen LogP contribution is 2.52. The monoisotopic (exact) mass is 390 g/mol. The van der Waals surface area contributed by atoms with Gasteiger partial charge in [0.15, 0.2) is 5.41 Å². The molecule has 0 heterocycles. The number of ether oxygens (including phenoxy) is 2. The molecule has 1 atom stereocenters. The third-order valence-electron chi connectivity index (χ3n) is 6.08. The van der Waals surface area contributed by atoms with Gasteiger partial charge in [0.1, 0.15) is 0 Å². The Bertz CT molecular complexity index is 984. The SMILES string of the molecule is CCOC(=O)C1(C(=O)OCC)C=C2c3ccccc3-c3cccc(C)c3CC2C1. The van der Waals surface area contributed by atoms with E-state index in [1.807, 2.05) is 18.2 Å². The number of allylic oxidation sites excluding steroid dienone is 1. The van der Waals surface area contributed by atoms with Gasteiger partial charge in [-0.15, -0.1) is 0 Å². The lowest BCUT2D eigenvalue weighted by Gasteiger charge is -2.24. The van der Waals surface area contributed by atoms with Crippen molar-refractivity contribution >= 4 is 17.5 Å². The van der Waals surface area contributed by atoms with Crippen LogP contribution in [0, 0.1) is 18.3 Å². The van der Waals surface area contributed by atoms with Gasteiger partial charge in [-0.1, -0.05) is 48.5 Å². The Hall–Kier alpha value is -2.88. The first kappa shape index (κ1) is 19.4. The van der Waals surface area contributed by atoms with Crippen molar-refractivity contribution in [2.45, 2.75) is 33.6 Å². The number of benzene rings is 2. The Labute approximate surface area is 171 Å². The van der Waals surface area contributed by atoms with Gasteiger partial charge in [0.2, 0.25) is 0 Å². The lowest BCUT2D eigenvalue weighted by atomic mass is 9.82. The summed E-state index contributed by atoms with van der Waals surface area (Å²) in [7, 11) is 0. The predicted molar refractivity (Wildman–Crippen MR) is 112 cm³/mol. The molecule has 4 heteroatoms. The zero-order valence-corrected chi connectivity index (χ0v) is 17.2. The molecule has 0 aromatic heterocycles. The van der Waals surface area contributed by atoms with E-state index >= 15 is 0 Å². The maximum absolute atomic E-state index is 13.0. The Kier molecular flexibility index (Phi) is 5.03. The maximum Gasteiger partial charge on any atom is 0.327 e. The largest absolute Gasteiger partial charge is 0.465 e. The summed E-state index contributed by atoms with van der Waals surface area (Å²) in [4.78, 5) is 25.9. The molecule has 2 aliphatic carbocycles. The minimum absolute atomic E-state index is 0.0484. The Morgan fingerprint density at radius 3 is 2.21 bits per heavy atom. The van der Waals surface area contributed by atoms with Crippen LogP contribution in [-0.4, -0.2) is 25.2 Å². The van der Waals surface area contributed by atoms with Crippen molar-refractivity contribution < 1.29 is 19.1 Å². The molecule has 150 valence electrons. The molecule has 0 saturated heterocycles. The molecule has 2 aromatic carbocycles. The van der Waals surface area contributed by atoms with Gasteiger partial charge in [-0.3, -0.25) is 9.59 Å². The lowest BCUT2D eigenvalue weighted by Crippen LogP contribution is -2.39. The molecule has 0 radical (unpaired) electrons. The van der Waals surface area contributed by atoms with Crippen LogP contribution in [-0.2, 0) is 25.5 Å². The topological polar surface area (TPSA) is 52.6 Å². The number of carbonyl (C=O) groups excluding carboxylic acids is 2. The van der Waals surface area contributed by atoms with E-state index in [0.29, 0.717) is 6.42 Å². The molecule has 4 nitrogen and oxygen atoms in total. The van der Waals surface area contributed by atoms with Crippen LogP contribution in [0.3, 0.4) is 0 Å². The molecule has 0 fully saturated rings. The molecule has 0 spiro atoms. The van der Waals surface area contributed by atoms with Crippen molar-refractivity contribution in [1.29, 1.82) is 0 Å². The Morgan fingerprint density at radius 1 is 0.931 bits per heavy atom. The first-order valence-corrected chi connectivity index (χ1v) is 10.3. The molecule has 1 unspecified atom stereocenters. The Morgan fingerprint density at radius 2 is 1.55 bits per heavy atom. The summed E-state index contributed by atoms with van der Waals surface area (Å²) >= 11 is 0. The van der Waals surface area contributed by atoms with E-state index in [1.165, 1.54) is 16.7 Å². The van der Waals surface area contributed by atoms with Crippen molar-refractivity contribution in [3.8, 4) is 11.1 Å². The highest BCUT2D eigenvalue weighted by Gasteiger charge is 2.54. The van der Waals surface area contributed by atoms with E-state index < -0.39 is 17.4 Å². The molecule has 0 amide bonds. The van der Waals surface area contributed by atoms with Gasteiger partial charge in [0.25, 0.3) is 0 Å². The quantitative estimate of drug-likeness (QED) is 0.559. The van der Waals surface area contributed by atoms with Crippen LogP contribution in [0.2, 0.25) is 0 Å². The molecule has 0 aliphatic heterocycles. The van der Waals surface area contributed by atoms with E-state index in [0.717, 1.165) is 23.1 Å². The second-order valence-corrected chi connectivity index (χ2v) is 7.76. The van der Waals surface area contributed by atoms with E-state index in [2.05, 4.69) is 37.3 Å². The van der Waals surface area contributed by atoms with Crippen LogP contribution in [0.25, 0.3) is 16.7 Å². The van der Waals surface area contributed by atoms with Gasteiger partial charge >= 0.3 is 11.9 Å². The van der Waals surface area contributed by atoms with Crippen LogP contribution in [0.15, 0.2) is 48.5 Å². The lowest BCUT2D eigenvalue weighted by molar-refractivity contribution is -0.168. The summed E-state index contributed by atoms with van der Waals surface area (Å²) in [6.45, 7) is 6.09. The Balaban J connectivity index is 1.91. The van der Waals surface area contributed by atoms with Crippen molar-refractivity contribution in [1.82, 2.24) is 0 Å². The van der Waals surface area contributed by atoms with E-state index in [4.69, 9.17) is 9.47 Å². The fourth-order valence-electron chi connectivity index (χ4n) is 4.75. The van der Waals surface area contributed by atoms with E-state index in [9.17, 15) is 9.59 Å². The van der Waals surface area contributed by atoms with Crippen LogP contribution < -0.4 is 0 Å². The predicted octanol–water partition coefficient (Wildman–Crippen LogP) is 4.73. The maximum atomic E-state index is 13.0. The van der Waals surface area contributed by atoms with E-state index in [-0.39, 0.29) is 19.1 Å². The van der Waals surface area contributed by atoms with Gasteiger partial charge in [-0.05, 0) is 72.9 Å². The normalized spacial score (nSPS) is 18.6. The average molecular weight is 390 g/mol. The van der Waals surface area contributed by atoms with Gasteiger partial charge in [0, 0.05) is 0 Å². The molecule has 2 aliphatic rings. The summed E-state index contributed by atoms with van der Waals surface area (Å²) in [6, 6.07) is 14.6. The highest BCUT2D eigenvalue weighted by molar-refractivity contribution is 6.06. The second-order valence-electron chi connectivity index (χ2n) is 7.76. The second kappa shape index (κ2) is 7.51. The summed E-state index contributed by atoms with van der Waals surface area (Å²) in [5, 5.41) is 0. The number of hydrogen-bond donors (Lipinski definition) is 0. The van der Waals surface area contributed by atoms with E-state index in [1.54, 1.807) is 13.8 Å². The number of aryl methyl sites for hydroxylation is 1. The molecular formula is C25H26O4. The smallest absolute Gasteiger partial charge is 0.327 e. The third kappa shape index (κ3) is 3.07. The zero-order chi connectivity index (χ0) is 20.6. The van der Waals surface area contributed by atoms with Crippen LogP contribution in [0.4, 0.5) is 0 Å². The molecule has 0 N–H and O–H groups in total. The molecular weight excluding hydrogens is 364 g/mol. The molecule has 29 heavy (non-hydrogen) atoms. The van der Waals surface area contributed by atoms with Crippen LogP contribution in [0.1, 0.15) is 37.0 Å². The van der Waals surface area contributed by atoms with Gasteiger partial charge in [0.05, 0.1) is 13.2 Å². The highest BCUT2D eigenvalue weighted by atomic mass is 16.6. The summed E-state index contributed by atoms with van der Waals surface area (Å²) < 4.78 is 10.7. The number of esters is 2. The summed E-state index contributed by atoms with van der Waals surface area (Å²) in [5.41, 5.74) is 5.62. The first-order chi connectivity index (χ1) is 14.0. The number of carbonyl (C=O) groups is 2. The minimum Gasteiger partial charge on any atom is -0.465 e. The number of hydrogen-bond acceptors (Lipinski definition) is 4. The average Bonchev–Trinajstić information content (AvgIpc) is 3.05. The standard InChI is InChI=1S/C25H26O4/c1-4-28-23(26)25(24(27)29-5-2)14-17-13-21-16(3)9-8-12-19(21)18-10-6-7-11-20(18)22(17)15-25/h6-12,15,17H,4-5,13-14H2,1-3H3. The third-order valence-corrected chi connectivity index (χ3v) is 6.08. The first-order valence-electron chi connectivity index (χ1n) is 10.3. The number of fused-ring (bicyclic) bond motifs is 5. The summed E-state index contributed by atoms with van der Waals surface area (Å²) in [6.07, 6.45) is 2.99. The number of rotatable bonds is 4. The zero-order valence-electron chi connectivity index (χ0n) is 17.2. The molecule has 4 rings (SSSR count). The molecule has 0 saturated carbocycles. The van der Waals surface area contributed by atoms with Crippen molar-refractivity contribution in [3.63, 3.8) is 0 Å².